The molecular weight excluding hydrogens is 238 g/mol. The van der Waals surface area contributed by atoms with Gasteiger partial charge in [-0.2, -0.15) is 4.31 Å². The fourth-order valence-corrected chi connectivity index (χ4v) is 2.57. The number of hydrogen-bond acceptors (Lipinski definition) is 3. The van der Waals surface area contributed by atoms with Gasteiger partial charge in [0.2, 0.25) is 10.0 Å². The van der Waals surface area contributed by atoms with Gasteiger partial charge in [-0.1, -0.05) is 0 Å². The van der Waals surface area contributed by atoms with Gasteiger partial charge in [0.15, 0.2) is 0 Å². The number of alkyl halides is 2. The maximum absolute atomic E-state index is 12.1. The molecule has 1 atom stereocenters. The lowest BCUT2D eigenvalue weighted by molar-refractivity contribution is 0.126. The van der Waals surface area contributed by atoms with Gasteiger partial charge in [0, 0.05) is 19.6 Å². The number of rotatable bonds is 7. The molecule has 16 heavy (non-hydrogen) atoms. The summed E-state index contributed by atoms with van der Waals surface area (Å²) < 4.78 is 48.4. The average Bonchev–Trinajstić information content (AvgIpc) is 2.96. The highest BCUT2D eigenvalue weighted by Crippen LogP contribution is 2.19. The van der Waals surface area contributed by atoms with Crippen molar-refractivity contribution in [2.45, 2.75) is 37.5 Å². The highest BCUT2D eigenvalue weighted by molar-refractivity contribution is 7.89. The van der Waals surface area contributed by atoms with Crippen LogP contribution >= 0.6 is 0 Å². The van der Waals surface area contributed by atoms with E-state index in [9.17, 15) is 17.2 Å². The van der Waals surface area contributed by atoms with E-state index < -0.39 is 28.2 Å². The van der Waals surface area contributed by atoms with Crippen molar-refractivity contribution in [3.8, 4) is 0 Å². The molecule has 0 saturated heterocycles. The molecule has 0 amide bonds. The molecule has 1 saturated carbocycles. The Balaban J connectivity index is 2.45. The standard InChI is InChI=1S/C9H18F2N2O2S/c1-7(5-12-8-3-4-8)16(14,15)13(2)6-9(10)11/h7-9,12H,3-6H2,1-2H3. The van der Waals surface area contributed by atoms with Gasteiger partial charge in [0.1, 0.15) is 0 Å². The molecule has 1 rings (SSSR count). The average molecular weight is 256 g/mol. The first-order valence-corrected chi connectivity index (χ1v) is 6.81. The minimum Gasteiger partial charge on any atom is -0.313 e. The normalized spacial score (nSPS) is 19.4. The topological polar surface area (TPSA) is 49.4 Å². The van der Waals surface area contributed by atoms with Crippen LogP contribution in [0.15, 0.2) is 0 Å². The van der Waals surface area contributed by atoms with Crippen LogP contribution in [0.2, 0.25) is 0 Å². The zero-order valence-electron chi connectivity index (χ0n) is 9.49. The van der Waals surface area contributed by atoms with Gasteiger partial charge in [-0.3, -0.25) is 0 Å². The second-order valence-electron chi connectivity index (χ2n) is 4.21. The van der Waals surface area contributed by atoms with Crippen molar-refractivity contribution in [2.75, 3.05) is 20.1 Å². The van der Waals surface area contributed by atoms with Gasteiger partial charge >= 0.3 is 0 Å². The summed E-state index contributed by atoms with van der Waals surface area (Å²) in [6.45, 7) is 1.11. The van der Waals surface area contributed by atoms with Crippen molar-refractivity contribution < 1.29 is 17.2 Å². The minimum absolute atomic E-state index is 0.320. The van der Waals surface area contributed by atoms with Crippen molar-refractivity contribution in [3.05, 3.63) is 0 Å². The van der Waals surface area contributed by atoms with Crippen LogP contribution in [-0.2, 0) is 10.0 Å². The van der Waals surface area contributed by atoms with Gasteiger partial charge in [-0.15, -0.1) is 0 Å². The highest BCUT2D eigenvalue weighted by atomic mass is 32.2. The lowest BCUT2D eigenvalue weighted by Gasteiger charge is -2.21. The van der Waals surface area contributed by atoms with E-state index in [2.05, 4.69) is 5.32 Å². The fraction of sp³-hybridized carbons (Fsp3) is 1.00. The molecular formula is C9H18F2N2O2S. The molecule has 0 bridgehead atoms. The van der Waals surface area contributed by atoms with Crippen LogP contribution in [0.3, 0.4) is 0 Å². The first kappa shape index (κ1) is 13.8. The van der Waals surface area contributed by atoms with Crippen molar-refractivity contribution in [3.63, 3.8) is 0 Å². The van der Waals surface area contributed by atoms with Crippen molar-refractivity contribution >= 4 is 10.0 Å². The Morgan fingerprint density at radius 3 is 2.44 bits per heavy atom. The largest absolute Gasteiger partial charge is 0.313 e. The lowest BCUT2D eigenvalue weighted by Crippen LogP contribution is -2.42. The Bertz CT molecular complexity index is 317. The predicted molar refractivity (Wildman–Crippen MR) is 58.0 cm³/mol. The molecule has 1 N–H and O–H groups in total. The van der Waals surface area contributed by atoms with Gasteiger partial charge in [0.25, 0.3) is 6.43 Å². The van der Waals surface area contributed by atoms with Crippen molar-refractivity contribution in [1.29, 1.82) is 0 Å². The Morgan fingerprint density at radius 1 is 1.44 bits per heavy atom. The van der Waals surface area contributed by atoms with Gasteiger partial charge < -0.3 is 5.32 Å². The van der Waals surface area contributed by atoms with E-state index >= 15 is 0 Å². The Morgan fingerprint density at radius 2 is 2.00 bits per heavy atom. The SMILES string of the molecule is CC(CNC1CC1)S(=O)(=O)N(C)CC(F)F. The summed E-state index contributed by atoms with van der Waals surface area (Å²) in [5.41, 5.74) is 0. The van der Waals surface area contributed by atoms with Crippen molar-refractivity contribution in [1.82, 2.24) is 9.62 Å². The van der Waals surface area contributed by atoms with Crippen LogP contribution in [0.1, 0.15) is 19.8 Å². The summed E-state index contributed by atoms with van der Waals surface area (Å²) in [4.78, 5) is 0. The zero-order chi connectivity index (χ0) is 12.3. The van der Waals surface area contributed by atoms with E-state index in [4.69, 9.17) is 0 Å². The van der Waals surface area contributed by atoms with Crippen LogP contribution in [0.4, 0.5) is 8.78 Å². The van der Waals surface area contributed by atoms with E-state index in [0.29, 0.717) is 12.6 Å². The first-order chi connectivity index (χ1) is 7.34. The molecule has 1 aliphatic carbocycles. The molecule has 7 heteroatoms. The molecule has 1 fully saturated rings. The molecule has 0 spiro atoms. The zero-order valence-corrected chi connectivity index (χ0v) is 10.3. The monoisotopic (exact) mass is 256 g/mol. The number of halogens is 2. The molecule has 0 aromatic heterocycles. The first-order valence-electron chi connectivity index (χ1n) is 5.30. The van der Waals surface area contributed by atoms with Crippen LogP contribution in [-0.4, -0.2) is 50.6 Å². The second kappa shape index (κ2) is 5.37. The summed E-state index contributed by atoms with van der Waals surface area (Å²) in [6, 6.07) is 0.415. The molecule has 0 radical (unpaired) electrons. The van der Waals surface area contributed by atoms with E-state index in [1.807, 2.05) is 0 Å². The van der Waals surface area contributed by atoms with Gasteiger partial charge in [-0.05, 0) is 19.8 Å². The lowest BCUT2D eigenvalue weighted by atomic mass is 10.4. The van der Waals surface area contributed by atoms with E-state index in [1.165, 1.54) is 14.0 Å². The van der Waals surface area contributed by atoms with Crippen LogP contribution in [0.25, 0.3) is 0 Å². The van der Waals surface area contributed by atoms with E-state index in [1.54, 1.807) is 0 Å². The van der Waals surface area contributed by atoms with E-state index in [0.717, 1.165) is 17.1 Å². The number of nitrogens with one attached hydrogen (secondary N) is 1. The number of sulfonamides is 1. The Kier molecular flexibility index (Phi) is 4.63. The van der Waals surface area contributed by atoms with Crippen LogP contribution in [0, 0.1) is 0 Å². The van der Waals surface area contributed by atoms with Crippen LogP contribution < -0.4 is 5.32 Å². The second-order valence-corrected chi connectivity index (χ2v) is 6.67. The predicted octanol–water partition coefficient (Wildman–Crippen LogP) is 0.654. The molecule has 0 heterocycles. The Hall–Kier alpha value is -0.270. The maximum Gasteiger partial charge on any atom is 0.252 e. The third-order valence-corrected chi connectivity index (χ3v) is 4.81. The summed E-state index contributed by atoms with van der Waals surface area (Å²) in [5, 5.41) is 2.41. The maximum atomic E-state index is 12.1. The molecule has 0 aliphatic heterocycles. The minimum atomic E-state index is -3.61. The third kappa shape index (κ3) is 3.95. The summed E-state index contributed by atoms with van der Waals surface area (Å²) in [7, 11) is -2.42. The number of nitrogens with zero attached hydrogens (tertiary/aromatic N) is 1. The molecule has 1 unspecified atom stereocenters. The van der Waals surface area contributed by atoms with E-state index in [-0.39, 0.29) is 0 Å². The Labute approximate surface area is 95.1 Å². The summed E-state index contributed by atoms with van der Waals surface area (Å²) >= 11 is 0. The third-order valence-electron chi connectivity index (χ3n) is 2.61. The number of hydrogen-bond donors (Lipinski definition) is 1. The molecule has 96 valence electrons. The molecule has 0 aromatic carbocycles. The van der Waals surface area contributed by atoms with Crippen LogP contribution in [0.5, 0.6) is 0 Å². The molecule has 0 aromatic rings. The van der Waals surface area contributed by atoms with Gasteiger partial charge in [-0.25, -0.2) is 17.2 Å². The highest BCUT2D eigenvalue weighted by Gasteiger charge is 2.29. The molecule has 4 nitrogen and oxygen atoms in total. The summed E-state index contributed by atoms with van der Waals surface area (Å²) in [5.74, 6) is 0. The molecule has 1 aliphatic rings. The van der Waals surface area contributed by atoms with Gasteiger partial charge in [0.05, 0.1) is 11.8 Å². The fourth-order valence-electron chi connectivity index (χ4n) is 1.33. The quantitative estimate of drug-likeness (QED) is 0.728. The summed E-state index contributed by atoms with van der Waals surface area (Å²) in [6.07, 6.45) is -0.498. The van der Waals surface area contributed by atoms with Crippen molar-refractivity contribution in [2.24, 2.45) is 0 Å². The smallest absolute Gasteiger partial charge is 0.252 e.